The van der Waals surface area contributed by atoms with E-state index >= 15 is 0 Å². The lowest BCUT2D eigenvalue weighted by molar-refractivity contribution is -0.386. The molecule has 2 aliphatic heterocycles. The molecule has 5 heterocycles. The second-order valence-electron chi connectivity index (χ2n) is 18.3. The summed E-state index contributed by atoms with van der Waals surface area (Å²) in [5.74, 6) is -0.910. The summed E-state index contributed by atoms with van der Waals surface area (Å²) in [5.41, 5.74) is 7.04. The molecule has 0 spiro atoms. The molecular formula is C47H50ClN9O6S. The highest BCUT2D eigenvalue weighted by molar-refractivity contribution is 7.90. The minimum atomic E-state index is -4.58. The maximum atomic E-state index is 14.2. The number of aromatic nitrogens is 4. The molecule has 1 unspecified atom stereocenters. The van der Waals surface area contributed by atoms with Gasteiger partial charge in [-0.05, 0) is 110 Å². The molecule has 1 saturated carbocycles. The minimum absolute atomic E-state index is 0.00722. The Morgan fingerprint density at radius 2 is 1.80 bits per heavy atom. The second kappa shape index (κ2) is 16.6. The Labute approximate surface area is 376 Å². The van der Waals surface area contributed by atoms with Gasteiger partial charge in [-0.15, -0.1) is 0 Å². The Balaban J connectivity index is 0.910. The highest BCUT2D eigenvalue weighted by Crippen LogP contribution is 2.43. The van der Waals surface area contributed by atoms with Crippen LogP contribution in [0, 0.1) is 15.5 Å². The van der Waals surface area contributed by atoms with Gasteiger partial charge in [-0.25, -0.2) is 23.1 Å². The van der Waals surface area contributed by atoms with Crippen LogP contribution in [0.3, 0.4) is 0 Å². The first-order valence-electron chi connectivity index (χ1n) is 21.9. The van der Waals surface area contributed by atoms with Crippen LogP contribution < -0.4 is 14.4 Å². The molecule has 4 aliphatic rings. The highest BCUT2D eigenvalue weighted by Gasteiger charge is 2.36. The van der Waals surface area contributed by atoms with Crippen LogP contribution in [0.5, 0.6) is 5.75 Å². The van der Waals surface area contributed by atoms with Crippen LogP contribution in [-0.2, 0) is 10.0 Å². The Kier molecular flexibility index (Phi) is 11.0. The quantitative estimate of drug-likeness (QED) is 0.0901. The predicted octanol–water partition coefficient (Wildman–Crippen LogP) is 7.98. The molecule has 17 heteroatoms. The van der Waals surface area contributed by atoms with Crippen molar-refractivity contribution in [2.24, 2.45) is 5.41 Å². The number of sulfonamides is 1. The first-order valence-corrected chi connectivity index (χ1v) is 23.8. The van der Waals surface area contributed by atoms with Crippen molar-refractivity contribution < 1.29 is 22.9 Å². The lowest BCUT2D eigenvalue weighted by Gasteiger charge is -2.39. The molecule has 2 aliphatic carbocycles. The van der Waals surface area contributed by atoms with E-state index in [1.54, 1.807) is 23.1 Å². The largest absolute Gasteiger partial charge is 0.482 e. The van der Waals surface area contributed by atoms with E-state index < -0.39 is 31.4 Å². The molecule has 15 nitrogen and oxygen atoms in total. The molecule has 1 atom stereocenters. The van der Waals surface area contributed by atoms with Gasteiger partial charge in [0.1, 0.15) is 11.6 Å². The topological polar surface area (TPSA) is 172 Å². The molecule has 2 saturated heterocycles. The normalized spacial score (nSPS) is 19.7. The molecule has 6 aromatic rings. The number of fused-ring (bicyclic) bond motifs is 2. The van der Waals surface area contributed by atoms with Crippen molar-refractivity contribution in [3.05, 3.63) is 117 Å². The number of likely N-dealkylation sites (tertiary alicyclic amines) is 1. The number of hydrogen-bond acceptors (Lipinski definition) is 11. The number of rotatable bonds is 12. The fourth-order valence-corrected chi connectivity index (χ4v) is 10.7. The molecule has 3 fully saturated rings. The summed E-state index contributed by atoms with van der Waals surface area (Å²) in [6, 6.07) is 21.3. The number of carbonyl (C=O) groups is 1. The highest BCUT2D eigenvalue weighted by atomic mass is 35.5. The summed E-state index contributed by atoms with van der Waals surface area (Å²) in [7, 11) is -4.58. The standard InChI is InChI=1S/C47H50ClN9O6S/c1-47(2)16-13-32(39(26-47)30-3-5-33(48)6-4-30)28-53-19-21-54(22-20-53)35-9-11-38(41(24-35)56-42-23-31-14-17-49-45(31)51-40(42)27-50-56)46(58)52-64(61,62)37-10-12-44(43(25-37)57(59)60)63-36-15-18-55(29-36)34-7-8-34/h3-6,9-12,14,17,23-25,27,34,36,50H,7-8,13,15-16,18-22,26,28-29H2,1-2H3,(H,52,58). The van der Waals surface area contributed by atoms with Crippen LogP contribution in [0.4, 0.5) is 11.4 Å². The van der Waals surface area contributed by atoms with E-state index in [1.807, 2.05) is 36.4 Å². The van der Waals surface area contributed by atoms with Crippen molar-refractivity contribution >= 4 is 66.5 Å². The fourth-order valence-electron chi connectivity index (χ4n) is 9.55. The smallest absolute Gasteiger partial charge is 0.312 e. The Hall–Kier alpha value is -5.81. The van der Waals surface area contributed by atoms with Gasteiger partial charge in [-0.3, -0.25) is 34.5 Å². The number of carbonyl (C=O) groups excluding carboxylic acids is 1. The van der Waals surface area contributed by atoms with Crippen LogP contribution in [-0.4, -0.2) is 107 Å². The van der Waals surface area contributed by atoms with Gasteiger partial charge in [0, 0.05) is 86.4 Å². The number of anilines is 1. The number of hydrogen-bond donors (Lipinski definition) is 2. The number of nitrogens with zero attached hydrogens (tertiary/aromatic N) is 7. The maximum Gasteiger partial charge on any atom is 0.312 e. The van der Waals surface area contributed by atoms with E-state index in [1.165, 1.54) is 28.8 Å². The number of ether oxygens (including phenoxy) is 1. The summed E-state index contributed by atoms with van der Waals surface area (Å²) in [6.45, 7) is 10.2. The van der Waals surface area contributed by atoms with Crippen molar-refractivity contribution in [1.82, 2.24) is 34.3 Å². The molecule has 3 aromatic carbocycles. The molecule has 1 amide bonds. The van der Waals surface area contributed by atoms with Crippen molar-refractivity contribution in [3.63, 3.8) is 0 Å². The Morgan fingerprint density at radius 3 is 2.56 bits per heavy atom. The molecule has 0 radical (unpaired) electrons. The number of nitro groups is 1. The monoisotopic (exact) mass is 903 g/mol. The summed E-state index contributed by atoms with van der Waals surface area (Å²) >= 11 is 6.26. The SMILES string of the molecule is CC1(C)CCC(CN2CCN(c3ccc(C(=O)NS(=O)(=O)c4ccc(OC5CCN(C6CC6)C5)c([N+](=O)[O-])c4)c(-n4[nH]cc5nc6nccc6cc54)c3)CC2)=C(c2ccc(Cl)cc2)C1. The summed E-state index contributed by atoms with van der Waals surface area (Å²) in [6.07, 6.45) is 9.37. The number of piperazine rings is 1. The number of nitro benzene ring substituents is 1. The molecule has 332 valence electrons. The average molecular weight is 904 g/mol. The maximum absolute atomic E-state index is 14.2. The number of amides is 1. The van der Waals surface area contributed by atoms with Crippen molar-refractivity contribution in [2.45, 2.75) is 69.4 Å². The summed E-state index contributed by atoms with van der Waals surface area (Å²) in [5, 5.41) is 17.0. The van der Waals surface area contributed by atoms with Gasteiger partial charge in [0.05, 0.1) is 26.6 Å². The van der Waals surface area contributed by atoms with Gasteiger partial charge in [0.15, 0.2) is 11.4 Å². The van der Waals surface area contributed by atoms with Crippen LogP contribution >= 0.6 is 11.6 Å². The van der Waals surface area contributed by atoms with Gasteiger partial charge in [-0.1, -0.05) is 43.2 Å². The summed E-state index contributed by atoms with van der Waals surface area (Å²) in [4.78, 5) is 41.5. The molecule has 0 bridgehead atoms. The van der Waals surface area contributed by atoms with Crippen LogP contribution in [0.15, 0.2) is 95.7 Å². The van der Waals surface area contributed by atoms with Gasteiger partial charge < -0.3 is 9.64 Å². The lowest BCUT2D eigenvalue weighted by atomic mass is 9.72. The van der Waals surface area contributed by atoms with E-state index in [4.69, 9.17) is 16.3 Å². The zero-order chi connectivity index (χ0) is 44.3. The molecule has 3 aromatic heterocycles. The van der Waals surface area contributed by atoms with Crippen molar-refractivity contribution in [3.8, 4) is 11.4 Å². The molecule has 2 N–H and O–H groups in total. The van der Waals surface area contributed by atoms with E-state index in [-0.39, 0.29) is 22.8 Å². The number of nitrogens with one attached hydrogen (secondary N) is 2. The van der Waals surface area contributed by atoms with Crippen LogP contribution in [0.25, 0.3) is 33.3 Å². The third-order valence-electron chi connectivity index (χ3n) is 13.3. The third-order valence-corrected chi connectivity index (χ3v) is 14.8. The van der Waals surface area contributed by atoms with Gasteiger partial charge in [0.25, 0.3) is 15.9 Å². The molecule has 64 heavy (non-hydrogen) atoms. The molecular weight excluding hydrogens is 854 g/mol. The molecule has 10 rings (SSSR count). The van der Waals surface area contributed by atoms with Gasteiger partial charge in [-0.2, -0.15) is 0 Å². The van der Waals surface area contributed by atoms with E-state index in [0.29, 0.717) is 35.0 Å². The number of benzene rings is 3. The number of aromatic amines is 1. The first kappa shape index (κ1) is 42.2. The Bertz CT molecular complexity index is 2940. The van der Waals surface area contributed by atoms with Crippen molar-refractivity contribution in [2.75, 3.05) is 50.7 Å². The average Bonchev–Trinajstić information content (AvgIpc) is 3.62. The number of H-pyrrole nitrogens is 1. The minimum Gasteiger partial charge on any atom is -0.482 e. The second-order valence-corrected chi connectivity index (χ2v) is 20.4. The van der Waals surface area contributed by atoms with Gasteiger partial charge >= 0.3 is 5.69 Å². The number of allylic oxidation sites excluding steroid dienone is 1. The van der Waals surface area contributed by atoms with E-state index in [0.717, 1.165) is 100.0 Å². The summed E-state index contributed by atoms with van der Waals surface area (Å²) < 4.78 is 37.7. The number of halogens is 1. The fraction of sp³-hybridized carbons (Fsp3) is 0.383. The van der Waals surface area contributed by atoms with Crippen LogP contribution in [0.1, 0.15) is 68.3 Å². The van der Waals surface area contributed by atoms with E-state index in [9.17, 15) is 23.3 Å². The van der Waals surface area contributed by atoms with E-state index in [2.05, 4.69) is 60.5 Å². The van der Waals surface area contributed by atoms with Gasteiger partial charge in [0.2, 0.25) is 0 Å². The zero-order valence-corrected chi connectivity index (χ0v) is 37.4. The lowest BCUT2D eigenvalue weighted by Crippen LogP contribution is -2.47. The predicted molar refractivity (Wildman–Crippen MR) is 247 cm³/mol. The van der Waals surface area contributed by atoms with Crippen molar-refractivity contribution in [1.29, 1.82) is 0 Å². The zero-order valence-electron chi connectivity index (χ0n) is 35.8. The number of pyridine rings is 1. The third kappa shape index (κ3) is 8.59. The first-order chi connectivity index (χ1) is 30.8. The Morgan fingerprint density at radius 1 is 1.00 bits per heavy atom. The van der Waals surface area contributed by atoms with Crippen LogP contribution in [0.2, 0.25) is 5.02 Å².